The van der Waals surface area contributed by atoms with Crippen LogP contribution in [0.3, 0.4) is 0 Å². The summed E-state index contributed by atoms with van der Waals surface area (Å²) in [5.41, 5.74) is 2.48. The van der Waals surface area contributed by atoms with E-state index in [1.165, 1.54) is 6.07 Å². The zero-order chi connectivity index (χ0) is 13.4. The number of hydrogen-bond acceptors (Lipinski definition) is 2. The van der Waals surface area contributed by atoms with Crippen LogP contribution in [0.1, 0.15) is 34.5 Å². The number of aromatic nitrogens is 2. The number of nitrogens with zero attached hydrogens (tertiary/aromatic N) is 1. The highest BCUT2D eigenvalue weighted by molar-refractivity contribution is 5.86. The fraction of sp³-hybridized carbons (Fsp3) is 0.286. The Kier molecular flexibility index (Phi) is 2.81. The fourth-order valence-electron chi connectivity index (χ4n) is 2.55. The van der Waals surface area contributed by atoms with Crippen LogP contribution in [0.15, 0.2) is 18.2 Å². The first-order valence-electron chi connectivity index (χ1n) is 6.26. The van der Waals surface area contributed by atoms with Crippen LogP contribution >= 0.6 is 0 Å². The lowest BCUT2D eigenvalue weighted by molar-refractivity contribution is 0.0690. The predicted molar refractivity (Wildman–Crippen MR) is 67.6 cm³/mol. The smallest absolute Gasteiger partial charge is 0.353 e. The Morgan fingerprint density at radius 2 is 2.11 bits per heavy atom. The number of carboxylic acids is 1. The molecule has 2 aromatic rings. The van der Waals surface area contributed by atoms with Crippen molar-refractivity contribution < 1.29 is 14.3 Å². The average molecular weight is 260 g/mol. The third-order valence-corrected chi connectivity index (χ3v) is 3.55. The van der Waals surface area contributed by atoms with Crippen molar-refractivity contribution in [2.45, 2.75) is 25.7 Å². The summed E-state index contributed by atoms with van der Waals surface area (Å²) in [5, 5.41) is 15.1. The normalized spacial score (nSPS) is 14.2. The third-order valence-electron chi connectivity index (χ3n) is 3.55. The second-order valence-electron chi connectivity index (χ2n) is 4.74. The summed E-state index contributed by atoms with van der Waals surface area (Å²) in [6.07, 6.45) is 3.74. The lowest BCUT2D eigenvalue weighted by Crippen LogP contribution is -2.06. The van der Waals surface area contributed by atoms with Crippen molar-refractivity contribution in [2.24, 2.45) is 0 Å². The maximum Gasteiger partial charge on any atom is 0.353 e. The highest BCUT2D eigenvalue weighted by atomic mass is 19.1. The molecule has 0 radical (unpaired) electrons. The molecule has 4 nitrogen and oxygen atoms in total. The van der Waals surface area contributed by atoms with Gasteiger partial charge in [-0.05, 0) is 48.9 Å². The van der Waals surface area contributed by atoms with E-state index in [2.05, 4.69) is 10.2 Å². The number of hydrogen-bond donors (Lipinski definition) is 2. The van der Waals surface area contributed by atoms with Crippen molar-refractivity contribution in [3.8, 4) is 11.3 Å². The van der Waals surface area contributed by atoms with Gasteiger partial charge in [-0.1, -0.05) is 6.07 Å². The standard InChI is InChI=1S/C14H13FN2O2/c15-13-9-4-2-1-3-8(9)5-6-10(13)11-7-12(14(18)19)17-16-11/h5-7H,1-4H2,(H,16,17)(H,18,19). The minimum Gasteiger partial charge on any atom is -0.477 e. The first-order chi connectivity index (χ1) is 9.16. The monoisotopic (exact) mass is 260 g/mol. The maximum absolute atomic E-state index is 14.4. The van der Waals surface area contributed by atoms with E-state index in [1.54, 1.807) is 6.07 Å². The van der Waals surface area contributed by atoms with Crippen molar-refractivity contribution in [1.82, 2.24) is 10.2 Å². The number of nitrogens with one attached hydrogen (secondary N) is 1. The molecule has 0 saturated carbocycles. The molecule has 0 amide bonds. The molecule has 0 saturated heterocycles. The van der Waals surface area contributed by atoms with Crippen molar-refractivity contribution in [3.63, 3.8) is 0 Å². The van der Waals surface area contributed by atoms with Gasteiger partial charge in [-0.25, -0.2) is 9.18 Å². The summed E-state index contributed by atoms with van der Waals surface area (Å²) in [6, 6.07) is 4.96. The van der Waals surface area contributed by atoms with Gasteiger partial charge in [0.1, 0.15) is 11.5 Å². The van der Waals surface area contributed by atoms with Crippen LogP contribution in [0.2, 0.25) is 0 Å². The Balaban J connectivity index is 2.07. The zero-order valence-corrected chi connectivity index (χ0v) is 10.2. The molecule has 2 N–H and O–H groups in total. The molecule has 0 aliphatic heterocycles. The van der Waals surface area contributed by atoms with Crippen molar-refractivity contribution >= 4 is 5.97 Å². The van der Waals surface area contributed by atoms with E-state index in [-0.39, 0.29) is 11.5 Å². The van der Waals surface area contributed by atoms with Crippen LogP contribution in [0, 0.1) is 5.82 Å². The minimum absolute atomic E-state index is 0.0351. The Bertz CT molecular complexity index is 649. The molecule has 0 fully saturated rings. The quantitative estimate of drug-likeness (QED) is 0.872. The van der Waals surface area contributed by atoms with E-state index >= 15 is 0 Å². The molecule has 1 heterocycles. The molecule has 1 aromatic heterocycles. The molecule has 0 unspecified atom stereocenters. The van der Waals surface area contributed by atoms with Gasteiger partial charge in [0.15, 0.2) is 0 Å². The van der Waals surface area contributed by atoms with Crippen LogP contribution in [0.5, 0.6) is 0 Å². The van der Waals surface area contributed by atoms with Crippen molar-refractivity contribution in [3.05, 3.63) is 40.8 Å². The number of carbonyl (C=O) groups is 1. The number of rotatable bonds is 2. The minimum atomic E-state index is -1.10. The second kappa shape index (κ2) is 4.50. The average Bonchev–Trinajstić information content (AvgIpc) is 2.89. The Hall–Kier alpha value is -2.17. The summed E-state index contributed by atoms with van der Waals surface area (Å²) in [4.78, 5) is 10.8. The predicted octanol–water partition coefficient (Wildman–Crippen LogP) is 2.79. The first-order valence-corrected chi connectivity index (χ1v) is 6.26. The summed E-state index contributed by atoms with van der Waals surface area (Å²) in [7, 11) is 0. The van der Waals surface area contributed by atoms with Gasteiger partial charge >= 0.3 is 5.97 Å². The Morgan fingerprint density at radius 3 is 2.84 bits per heavy atom. The first kappa shape index (κ1) is 11.9. The van der Waals surface area contributed by atoms with E-state index in [0.29, 0.717) is 11.3 Å². The molecule has 1 aromatic carbocycles. The molecule has 0 spiro atoms. The largest absolute Gasteiger partial charge is 0.477 e. The molecule has 5 heteroatoms. The maximum atomic E-state index is 14.4. The lowest BCUT2D eigenvalue weighted by Gasteiger charge is -2.17. The summed E-state index contributed by atoms with van der Waals surface area (Å²) >= 11 is 0. The highest BCUT2D eigenvalue weighted by Gasteiger charge is 2.19. The van der Waals surface area contributed by atoms with E-state index < -0.39 is 5.97 Å². The number of aromatic carboxylic acids is 1. The number of fused-ring (bicyclic) bond motifs is 1. The van der Waals surface area contributed by atoms with Crippen LogP contribution < -0.4 is 0 Å². The van der Waals surface area contributed by atoms with Gasteiger partial charge in [-0.3, -0.25) is 5.10 Å². The third kappa shape index (κ3) is 2.01. The molecule has 0 bridgehead atoms. The molecule has 98 valence electrons. The van der Waals surface area contributed by atoms with E-state index in [1.807, 2.05) is 6.07 Å². The number of carboxylic acid groups (broad SMARTS) is 1. The molecular weight excluding hydrogens is 247 g/mol. The van der Waals surface area contributed by atoms with Crippen LogP contribution in [-0.2, 0) is 12.8 Å². The van der Waals surface area contributed by atoms with Crippen LogP contribution in [0.25, 0.3) is 11.3 Å². The summed E-state index contributed by atoms with van der Waals surface area (Å²) in [6.45, 7) is 0. The number of aromatic amines is 1. The number of halogens is 1. The Morgan fingerprint density at radius 1 is 1.32 bits per heavy atom. The summed E-state index contributed by atoms with van der Waals surface area (Å²) in [5.74, 6) is -1.36. The zero-order valence-electron chi connectivity index (χ0n) is 10.2. The SMILES string of the molecule is O=C(O)c1cc(-c2ccc3c(c2F)CCCC3)n[nH]1. The Labute approximate surface area is 109 Å². The lowest BCUT2D eigenvalue weighted by atomic mass is 9.89. The van der Waals surface area contributed by atoms with Gasteiger partial charge in [0, 0.05) is 5.56 Å². The number of aryl methyl sites for hydroxylation is 1. The van der Waals surface area contributed by atoms with Gasteiger partial charge in [0.05, 0.1) is 5.69 Å². The number of H-pyrrole nitrogens is 1. The van der Waals surface area contributed by atoms with Crippen molar-refractivity contribution in [1.29, 1.82) is 0 Å². The van der Waals surface area contributed by atoms with Gasteiger partial charge in [0.25, 0.3) is 0 Å². The topological polar surface area (TPSA) is 66.0 Å². The van der Waals surface area contributed by atoms with Gasteiger partial charge in [0.2, 0.25) is 0 Å². The molecule has 0 atom stereocenters. The molecule has 19 heavy (non-hydrogen) atoms. The second-order valence-corrected chi connectivity index (χ2v) is 4.74. The number of benzene rings is 1. The van der Waals surface area contributed by atoms with E-state index in [9.17, 15) is 9.18 Å². The molecular formula is C14H13FN2O2. The van der Waals surface area contributed by atoms with Gasteiger partial charge < -0.3 is 5.11 Å². The fourth-order valence-corrected chi connectivity index (χ4v) is 2.55. The van der Waals surface area contributed by atoms with E-state index in [0.717, 1.165) is 36.8 Å². The van der Waals surface area contributed by atoms with Crippen molar-refractivity contribution in [2.75, 3.05) is 0 Å². The van der Waals surface area contributed by atoms with Crippen LogP contribution in [0.4, 0.5) is 4.39 Å². The van der Waals surface area contributed by atoms with Gasteiger partial charge in [-0.15, -0.1) is 0 Å². The van der Waals surface area contributed by atoms with Crippen LogP contribution in [-0.4, -0.2) is 21.3 Å². The molecule has 3 rings (SSSR count). The molecule has 1 aliphatic carbocycles. The molecule has 1 aliphatic rings. The highest BCUT2D eigenvalue weighted by Crippen LogP contribution is 2.30. The van der Waals surface area contributed by atoms with E-state index in [4.69, 9.17) is 5.11 Å². The summed E-state index contributed by atoms with van der Waals surface area (Å²) < 4.78 is 14.4. The van der Waals surface area contributed by atoms with Gasteiger partial charge in [-0.2, -0.15) is 5.10 Å².